The highest BCUT2D eigenvalue weighted by molar-refractivity contribution is 5.95. The topological polar surface area (TPSA) is 32.3 Å². The molecule has 0 saturated heterocycles. The number of anilines is 1. The Bertz CT molecular complexity index is 651. The van der Waals surface area contributed by atoms with E-state index in [2.05, 4.69) is 34.5 Å². The van der Waals surface area contributed by atoms with Crippen molar-refractivity contribution in [3.63, 3.8) is 0 Å². The van der Waals surface area contributed by atoms with Gasteiger partial charge in [-0.3, -0.25) is 4.79 Å². The summed E-state index contributed by atoms with van der Waals surface area (Å²) in [5.41, 5.74) is 4.49. The number of para-hydroxylation sites is 1. The van der Waals surface area contributed by atoms with Gasteiger partial charge in [0.2, 0.25) is 0 Å². The highest BCUT2D eigenvalue weighted by Crippen LogP contribution is 2.26. The monoisotopic (exact) mass is 280 g/mol. The Labute approximate surface area is 125 Å². The number of nitrogens with zero attached hydrogens (tertiary/aromatic N) is 1. The van der Waals surface area contributed by atoms with Crippen LogP contribution < -0.4 is 10.2 Å². The molecule has 3 rings (SSSR count). The first kappa shape index (κ1) is 13.7. The van der Waals surface area contributed by atoms with Gasteiger partial charge in [0.25, 0.3) is 5.91 Å². The maximum atomic E-state index is 12.2. The number of carbonyl (C=O) groups is 1. The van der Waals surface area contributed by atoms with Crippen LogP contribution in [0.4, 0.5) is 5.69 Å². The van der Waals surface area contributed by atoms with Gasteiger partial charge in [-0.1, -0.05) is 36.4 Å². The average Bonchev–Trinajstić information content (AvgIpc) is 2.91. The van der Waals surface area contributed by atoms with Crippen molar-refractivity contribution in [2.45, 2.75) is 13.3 Å². The van der Waals surface area contributed by atoms with Gasteiger partial charge >= 0.3 is 0 Å². The zero-order valence-electron chi connectivity index (χ0n) is 12.3. The van der Waals surface area contributed by atoms with Crippen molar-refractivity contribution in [1.82, 2.24) is 5.32 Å². The van der Waals surface area contributed by atoms with Gasteiger partial charge in [-0.25, -0.2) is 0 Å². The molecule has 2 aromatic carbocycles. The number of fused-ring (bicyclic) bond motifs is 1. The third kappa shape index (κ3) is 2.92. The predicted molar refractivity (Wildman–Crippen MR) is 85.9 cm³/mol. The van der Waals surface area contributed by atoms with Crippen molar-refractivity contribution < 1.29 is 4.79 Å². The van der Waals surface area contributed by atoms with Crippen LogP contribution in [0.15, 0.2) is 48.5 Å². The lowest BCUT2D eigenvalue weighted by Crippen LogP contribution is -2.34. The Morgan fingerprint density at radius 3 is 2.76 bits per heavy atom. The molecule has 1 aliphatic heterocycles. The maximum absolute atomic E-state index is 12.2. The highest BCUT2D eigenvalue weighted by Gasteiger charge is 2.17. The molecule has 0 spiro atoms. The minimum Gasteiger partial charge on any atom is -0.369 e. The lowest BCUT2D eigenvalue weighted by atomic mass is 10.1. The van der Waals surface area contributed by atoms with Gasteiger partial charge in [0.1, 0.15) is 0 Å². The highest BCUT2D eigenvalue weighted by atomic mass is 16.1. The maximum Gasteiger partial charge on any atom is 0.251 e. The molecule has 0 fully saturated rings. The Hall–Kier alpha value is -2.29. The normalized spacial score (nSPS) is 13.1. The summed E-state index contributed by atoms with van der Waals surface area (Å²) < 4.78 is 0. The molecule has 108 valence electrons. The van der Waals surface area contributed by atoms with E-state index in [4.69, 9.17) is 0 Å². The molecular weight excluding hydrogens is 260 g/mol. The summed E-state index contributed by atoms with van der Waals surface area (Å²) >= 11 is 0. The van der Waals surface area contributed by atoms with Crippen LogP contribution in [-0.4, -0.2) is 25.5 Å². The van der Waals surface area contributed by atoms with E-state index in [0.29, 0.717) is 6.54 Å². The fourth-order valence-electron chi connectivity index (χ4n) is 2.87. The second-order valence-corrected chi connectivity index (χ2v) is 5.44. The summed E-state index contributed by atoms with van der Waals surface area (Å²) in [6.07, 6.45) is 1.10. The molecule has 1 N–H and O–H groups in total. The molecule has 0 radical (unpaired) electrons. The van der Waals surface area contributed by atoms with Crippen LogP contribution in [0.2, 0.25) is 0 Å². The largest absolute Gasteiger partial charge is 0.369 e. The first-order valence-corrected chi connectivity index (χ1v) is 7.42. The zero-order chi connectivity index (χ0) is 14.7. The molecule has 0 bridgehead atoms. The van der Waals surface area contributed by atoms with Crippen molar-refractivity contribution in [2.75, 3.05) is 24.5 Å². The van der Waals surface area contributed by atoms with Gasteiger partial charge in [-0.2, -0.15) is 0 Å². The molecule has 2 aromatic rings. The molecule has 3 heteroatoms. The van der Waals surface area contributed by atoms with Crippen molar-refractivity contribution in [1.29, 1.82) is 0 Å². The smallest absolute Gasteiger partial charge is 0.251 e. The summed E-state index contributed by atoms with van der Waals surface area (Å²) in [6.45, 7) is 4.53. The van der Waals surface area contributed by atoms with E-state index in [1.54, 1.807) is 0 Å². The standard InChI is InChI=1S/C18H20N2O/c1-14-6-2-4-8-16(14)18(21)19-11-13-20-12-10-15-7-3-5-9-17(15)20/h2-9H,10-13H2,1H3,(H,19,21). The molecule has 0 saturated carbocycles. The van der Waals surface area contributed by atoms with Crippen LogP contribution in [0.5, 0.6) is 0 Å². The Morgan fingerprint density at radius 2 is 1.90 bits per heavy atom. The Kier molecular flexibility index (Phi) is 3.91. The third-order valence-electron chi connectivity index (χ3n) is 4.04. The molecule has 1 heterocycles. The molecule has 0 atom stereocenters. The van der Waals surface area contributed by atoms with Gasteiger partial charge in [0.15, 0.2) is 0 Å². The quantitative estimate of drug-likeness (QED) is 0.934. The third-order valence-corrected chi connectivity index (χ3v) is 4.04. The van der Waals surface area contributed by atoms with E-state index in [9.17, 15) is 4.79 Å². The van der Waals surface area contributed by atoms with Crippen molar-refractivity contribution in [3.05, 3.63) is 65.2 Å². The summed E-state index contributed by atoms with van der Waals surface area (Å²) in [4.78, 5) is 14.5. The fraction of sp³-hybridized carbons (Fsp3) is 0.278. The minimum atomic E-state index is 0.0144. The van der Waals surface area contributed by atoms with Crippen molar-refractivity contribution in [3.8, 4) is 0 Å². The number of carbonyl (C=O) groups excluding carboxylic acids is 1. The van der Waals surface area contributed by atoms with E-state index >= 15 is 0 Å². The van der Waals surface area contributed by atoms with Crippen LogP contribution in [0.3, 0.4) is 0 Å². The van der Waals surface area contributed by atoms with Gasteiger partial charge < -0.3 is 10.2 Å². The lowest BCUT2D eigenvalue weighted by Gasteiger charge is -2.19. The van der Waals surface area contributed by atoms with Crippen molar-refractivity contribution in [2.24, 2.45) is 0 Å². The van der Waals surface area contributed by atoms with Crippen LogP contribution in [0.1, 0.15) is 21.5 Å². The number of hydrogen-bond acceptors (Lipinski definition) is 2. The van der Waals surface area contributed by atoms with Crippen LogP contribution in [-0.2, 0) is 6.42 Å². The first-order valence-electron chi connectivity index (χ1n) is 7.42. The van der Waals surface area contributed by atoms with E-state index in [1.165, 1.54) is 11.3 Å². The number of rotatable bonds is 4. The molecule has 0 aromatic heterocycles. The van der Waals surface area contributed by atoms with Gasteiger partial charge in [-0.05, 0) is 36.6 Å². The number of benzene rings is 2. The predicted octanol–water partition coefficient (Wildman–Crippen LogP) is 2.79. The number of aryl methyl sites for hydroxylation is 1. The van der Waals surface area contributed by atoms with Crippen LogP contribution >= 0.6 is 0 Å². The Balaban J connectivity index is 1.56. The van der Waals surface area contributed by atoms with Gasteiger partial charge in [-0.15, -0.1) is 0 Å². The van der Waals surface area contributed by atoms with E-state index in [1.807, 2.05) is 31.2 Å². The number of hydrogen-bond donors (Lipinski definition) is 1. The molecular formula is C18H20N2O. The first-order chi connectivity index (χ1) is 10.3. The molecule has 21 heavy (non-hydrogen) atoms. The zero-order valence-corrected chi connectivity index (χ0v) is 12.3. The molecule has 0 unspecified atom stereocenters. The van der Waals surface area contributed by atoms with E-state index < -0.39 is 0 Å². The van der Waals surface area contributed by atoms with Gasteiger partial charge in [0, 0.05) is 30.9 Å². The summed E-state index contributed by atoms with van der Waals surface area (Å²) in [7, 11) is 0. The Morgan fingerprint density at radius 1 is 1.14 bits per heavy atom. The summed E-state index contributed by atoms with van der Waals surface area (Å²) in [5, 5.41) is 3.02. The SMILES string of the molecule is Cc1ccccc1C(=O)NCCN1CCc2ccccc21. The van der Waals surface area contributed by atoms with Crippen molar-refractivity contribution >= 4 is 11.6 Å². The summed E-state index contributed by atoms with van der Waals surface area (Å²) in [6, 6.07) is 16.2. The van der Waals surface area contributed by atoms with Gasteiger partial charge in [0.05, 0.1) is 0 Å². The molecule has 0 aliphatic carbocycles. The van der Waals surface area contributed by atoms with Crippen LogP contribution in [0, 0.1) is 6.92 Å². The van der Waals surface area contributed by atoms with E-state index in [0.717, 1.165) is 30.6 Å². The average molecular weight is 280 g/mol. The second kappa shape index (κ2) is 6.00. The number of amides is 1. The minimum absolute atomic E-state index is 0.0144. The fourth-order valence-corrected chi connectivity index (χ4v) is 2.87. The molecule has 1 amide bonds. The second-order valence-electron chi connectivity index (χ2n) is 5.44. The lowest BCUT2D eigenvalue weighted by molar-refractivity contribution is 0.0954. The molecule has 1 aliphatic rings. The number of nitrogens with one attached hydrogen (secondary N) is 1. The van der Waals surface area contributed by atoms with E-state index in [-0.39, 0.29) is 5.91 Å². The van der Waals surface area contributed by atoms with Crippen LogP contribution in [0.25, 0.3) is 0 Å². The summed E-state index contributed by atoms with van der Waals surface area (Å²) in [5.74, 6) is 0.0144. The molecule has 3 nitrogen and oxygen atoms in total.